The average molecular weight is 338 g/mol. The van der Waals surface area contributed by atoms with E-state index >= 15 is 0 Å². The first-order chi connectivity index (χ1) is 12.2. The van der Waals surface area contributed by atoms with Gasteiger partial charge >= 0.3 is 0 Å². The maximum absolute atomic E-state index is 9.92. The molecule has 0 unspecified atom stereocenters. The molecule has 0 bridgehead atoms. The zero-order valence-corrected chi connectivity index (χ0v) is 14.7. The van der Waals surface area contributed by atoms with E-state index in [0.717, 1.165) is 44.1 Å². The van der Waals surface area contributed by atoms with Crippen LogP contribution in [0.15, 0.2) is 54.6 Å². The van der Waals surface area contributed by atoms with Gasteiger partial charge in [-0.15, -0.1) is 0 Å². The maximum Gasteiger partial charge on any atom is 0.127 e. The molecule has 25 heavy (non-hydrogen) atoms. The van der Waals surface area contributed by atoms with Gasteiger partial charge in [0.05, 0.1) is 6.10 Å². The second kappa shape index (κ2) is 7.16. The summed E-state index contributed by atoms with van der Waals surface area (Å²) in [5, 5.41) is 9.92. The van der Waals surface area contributed by atoms with Gasteiger partial charge in [-0.05, 0) is 43.2 Å². The molecule has 1 N–H and O–H groups in total. The summed E-state index contributed by atoms with van der Waals surface area (Å²) >= 11 is 0. The first-order valence-corrected chi connectivity index (χ1v) is 9.15. The van der Waals surface area contributed by atoms with E-state index in [9.17, 15) is 5.11 Å². The molecule has 2 fully saturated rings. The fourth-order valence-corrected chi connectivity index (χ4v) is 4.06. The molecule has 2 aliphatic rings. The van der Waals surface area contributed by atoms with E-state index in [1.807, 2.05) is 36.4 Å². The van der Waals surface area contributed by atoms with Crippen molar-refractivity contribution in [3.05, 3.63) is 60.2 Å². The molecule has 2 aromatic rings. The van der Waals surface area contributed by atoms with Gasteiger partial charge in [0.2, 0.25) is 0 Å². The lowest BCUT2D eigenvalue weighted by atomic mass is 10.1. The highest BCUT2D eigenvalue weighted by atomic mass is 16.5. The minimum Gasteiger partial charge on any atom is -0.457 e. The third-order valence-electron chi connectivity index (χ3n) is 5.34. The van der Waals surface area contributed by atoms with E-state index < -0.39 is 0 Å². The Morgan fingerprint density at radius 3 is 2.64 bits per heavy atom. The fourth-order valence-electron chi connectivity index (χ4n) is 4.06. The molecule has 132 valence electrons. The van der Waals surface area contributed by atoms with Crippen molar-refractivity contribution in [1.82, 2.24) is 9.80 Å². The van der Waals surface area contributed by atoms with Crippen molar-refractivity contribution < 1.29 is 9.84 Å². The van der Waals surface area contributed by atoms with Gasteiger partial charge in [-0.1, -0.05) is 30.3 Å². The van der Waals surface area contributed by atoms with Crippen LogP contribution in [-0.2, 0) is 6.54 Å². The standard InChI is InChI=1S/C21H26N2O2/c1-16-12-23-15-19(24)11-18(23)14-22(16)13-17-6-5-9-21(10-17)25-20-7-3-2-4-8-20/h2-10,16,18-19,24H,11-15H2,1H3/t16-,18-,19+/m0/s1. The summed E-state index contributed by atoms with van der Waals surface area (Å²) in [4.78, 5) is 4.97. The third-order valence-corrected chi connectivity index (χ3v) is 5.34. The molecule has 2 aliphatic heterocycles. The van der Waals surface area contributed by atoms with Crippen molar-refractivity contribution in [2.45, 2.75) is 38.1 Å². The van der Waals surface area contributed by atoms with Crippen LogP contribution in [0.1, 0.15) is 18.9 Å². The normalized spacial score (nSPS) is 27.2. The first kappa shape index (κ1) is 16.6. The molecule has 2 heterocycles. The van der Waals surface area contributed by atoms with E-state index in [2.05, 4.69) is 34.9 Å². The average Bonchev–Trinajstić information content (AvgIpc) is 2.95. The predicted molar refractivity (Wildman–Crippen MR) is 98.8 cm³/mol. The summed E-state index contributed by atoms with van der Waals surface area (Å²) in [7, 11) is 0. The van der Waals surface area contributed by atoms with Crippen LogP contribution >= 0.6 is 0 Å². The highest BCUT2D eigenvalue weighted by Crippen LogP contribution is 2.27. The van der Waals surface area contributed by atoms with E-state index in [0.29, 0.717) is 12.1 Å². The first-order valence-electron chi connectivity index (χ1n) is 9.15. The van der Waals surface area contributed by atoms with Crippen LogP contribution in [-0.4, -0.2) is 52.7 Å². The number of hydrogen-bond acceptors (Lipinski definition) is 4. The molecule has 0 saturated carbocycles. The monoisotopic (exact) mass is 338 g/mol. The molecule has 0 aliphatic carbocycles. The molecular weight excluding hydrogens is 312 g/mol. The van der Waals surface area contributed by atoms with Crippen LogP contribution in [0.25, 0.3) is 0 Å². The van der Waals surface area contributed by atoms with Crippen LogP contribution in [0, 0.1) is 0 Å². The number of hydrogen-bond donors (Lipinski definition) is 1. The summed E-state index contributed by atoms with van der Waals surface area (Å²) in [6.07, 6.45) is 0.750. The molecule has 0 radical (unpaired) electrons. The fraction of sp³-hybridized carbons (Fsp3) is 0.429. The maximum atomic E-state index is 9.92. The summed E-state index contributed by atoms with van der Waals surface area (Å²) in [5.74, 6) is 1.74. The Balaban J connectivity index is 1.43. The number of rotatable bonds is 4. The largest absolute Gasteiger partial charge is 0.457 e. The van der Waals surface area contributed by atoms with Crippen molar-refractivity contribution in [1.29, 1.82) is 0 Å². The predicted octanol–water partition coefficient (Wildman–Crippen LogP) is 3.12. The number of fused-ring (bicyclic) bond motifs is 1. The lowest BCUT2D eigenvalue weighted by Crippen LogP contribution is -2.54. The second-order valence-electron chi connectivity index (χ2n) is 7.34. The van der Waals surface area contributed by atoms with Gasteiger partial charge in [-0.3, -0.25) is 9.80 Å². The van der Waals surface area contributed by atoms with Crippen molar-refractivity contribution >= 4 is 0 Å². The Labute approximate surface area is 149 Å². The van der Waals surface area contributed by atoms with E-state index in [1.54, 1.807) is 0 Å². The molecule has 3 atom stereocenters. The zero-order valence-electron chi connectivity index (χ0n) is 14.7. The van der Waals surface area contributed by atoms with Gasteiger partial charge in [0.1, 0.15) is 11.5 Å². The quantitative estimate of drug-likeness (QED) is 0.929. The summed E-state index contributed by atoms with van der Waals surface area (Å²) in [6, 6.07) is 19.3. The van der Waals surface area contributed by atoms with Gasteiger partial charge in [0.25, 0.3) is 0 Å². The SMILES string of the molecule is C[C@H]1CN2C[C@H](O)C[C@H]2CN1Cc1cccc(Oc2ccccc2)c1. The minimum atomic E-state index is -0.153. The van der Waals surface area contributed by atoms with Crippen LogP contribution in [0.3, 0.4) is 0 Å². The van der Waals surface area contributed by atoms with Crippen molar-refractivity contribution in [2.75, 3.05) is 19.6 Å². The highest BCUT2D eigenvalue weighted by molar-refractivity contribution is 5.33. The Bertz CT molecular complexity index is 706. The van der Waals surface area contributed by atoms with Crippen LogP contribution in [0.5, 0.6) is 11.5 Å². The lowest BCUT2D eigenvalue weighted by Gasteiger charge is -2.42. The second-order valence-corrected chi connectivity index (χ2v) is 7.34. The minimum absolute atomic E-state index is 0.153. The molecule has 4 heteroatoms. The van der Waals surface area contributed by atoms with E-state index in [1.165, 1.54) is 5.56 Å². The van der Waals surface area contributed by atoms with Crippen molar-refractivity contribution in [2.24, 2.45) is 0 Å². The molecule has 0 amide bonds. The number of piperazine rings is 1. The van der Waals surface area contributed by atoms with Crippen molar-refractivity contribution in [3.8, 4) is 11.5 Å². The number of benzene rings is 2. The summed E-state index contributed by atoms with van der Waals surface area (Å²) in [5.41, 5.74) is 1.27. The third kappa shape index (κ3) is 3.87. The van der Waals surface area contributed by atoms with E-state index in [4.69, 9.17) is 4.74 Å². The molecule has 0 aromatic heterocycles. The lowest BCUT2D eigenvalue weighted by molar-refractivity contribution is 0.0528. The Kier molecular flexibility index (Phi) is 4.75. The van der Waals surface area contributed by atoms with E-state index in [-0.39, 0.29) is 6.10 Å². The highest BCUT2D eigenvalue weighted by Gasteiger charge is 2.37. The van der Waals surface area contributed by atoms with Gasteiger partial charge < -0.3 is 9.84 Å². The number of aliphatic hydroxyl groups excluding tert-OH is 1. The molecular formula is C21H26N2O2. The Morgan fingerprint density at radius 1 is 1.00 bits per heavy atom. The molecule has 2 saturated heterocycles. The summed E-state index contributed by atoms with van der Waals surface area (Å²) in [6.45, 7) is 6.12. The number of aliphatic hydroxyl groups is 1. The van der Waals surface area contributed by atoms with Gasteiger partial charge in [-0.25, -0.2) is 0 Å². The topological polar surface area (TPSA) is 35.9 Å². The van der Waals surface area contributed by atoms with Crippen LogP contribution in [0.4, 0.5) is 0 Å². The number of para-hydroxylation sites is 1. The number of nitrogens with zero attached hydrogens (tertiary/aromatic N) is 2. The molecule has 4 rings (SSSR count). The van der Waals surface area contributed by atoms with Gasteiger partial charge in [-0.2, -0.15) is 0 Å². The Hall–Kier alpha value is -1.88. The van der Waals surface area contributed by atoms with Gasteiger partial charge in [0, 0.05) is 38.3 Å². The van der Waals surface area contributed by atoms with Crippen LogP contribution < -0.4 is 4.74 Å². The smallest absolute Gasteiger partial charge is 0.127 e. The molecule has 2 aromatic carbocycles. The summed E-state index contributed by atoms with van der Waals surface area (Å²) < 4.78 is 5.96. The molecule has 0 spiro atoms. The van der Waals surface area contributed by atoms with Crippen molar-refractivity contribution in [3.63, 3.8) is 0 Å². The van der Waals surface area contributed by atoms with Gasteiger partial charge in [0.15, 0.2) is 0 Å². The number of ether oxygens (including phenoxy) is 1. The Morgan fingerprint density at radius 2 is 1.80 bits per heavy atom. The zero-order chi connectivity index (χ0) is 17.2. The molecule has 4 nitrogen and oxygen atoms in total. The van der Waals surface area contributed by atoms with Crippen LogP contribution in [0.2, 0.25) is 0 Å².